The highest BCUT2D eigenvalue weighted by Crippen LogP contribution is 2.35. The van der Waals surface area contributed by atoms with E-state index >= 15 is 0 Å². The summed E-state index contributed by atoms with van der Waals surface area (Å²) in [6, 6.07) is 0. The van der Waals surface area contributed by atoms with Gasteiger partial charge in [-0.1, -0.05) is 13.3 Å². The van der Waals surface area contributed by atoms with E-state index in [9.17, 15) is 9.90 Å². The van der Waals surface area contributed by atoms with Gasteiger partial charge in [-0.2, -0.15) is 5.10 Å². The number of piperidine rings is 1. The number of rotatable bonds is 5. The van der Waals surface area contributed by atoms with E-state index in [1.54, 1.807) is 0 Å². The summed E-state index contributed by atoms with van der Waals surface area (Å²) in [6.45, 7) is 6.56. The third kappa shape index (κ3) is 2.87. The van der Waals surface area contributed by atoms with E-state index in [1.165, 1.54) is 5.56 Å². The quantitative estimate of drug-likeness (QED) is 0.897. The first-order valence-electron chi connectivity index (χ1n) is 7.42. The summed E-state index contributed by atoms with van der Waals surface area (Å²) < 4.78 is 1.87. The molecule has 0 spiro atoms. The molecule has 0 aromatic carbocycles. The number of nitrogens with zero attached hydrogens (tertiary/aromatic N) is 3. The molecular weight excluding hydrogens is 254 g/mol. The van der Waals surface area contributed by atoms with Crippen molar-refractivity contribution in [2.75, 3.05) is 13.1 Å². The van der Waals surface area contributed by atoms with Gasteiger partial charge in [0, 0.05) is 31.4 Å². The molecule has 2 heterocycles. The number of aliphatic carboxylic acids is 1. The lowest BCUT2D eigenvalue weighted by atomic mass is 9.76. The topological polar surface area (TPSA) is 58.4 Å². The van der Waals surface area contributed by atoms with Crippen LogP contribution in [0.2, 0.25) is 0 Å². The van der Waals surface area contributed by atoms with Gasteiger partial charge in [-0.15, -0.1) is 0 Å². The maximum atomic E-state index is 11.7. The zero-order chi connectivity index (χ0) is 14.8. The van der Waals surface area contributed by atoms with Crippen molar-refractivity contribution >= 4 is 5.97 Å². The number of carboxylic acids is 1. The van der Waals surface area contributed by atoms with E-state index in [0.717, 1.165) is 44.5 Å². The summed E-state index contributed by atoms with van der Waals surface area (Å²) in [5.74, 6) is -0.632. The van der Waals surface area contributed by atoms with Crippen molar-refractivity contribution in [2.24, 2.45) is 12.5 Å². The summed E-state index contributed by atoms with van der Waals surface area (Å²) >= 11 is 0. The molecule has 1 fully saturated rings. The molecule has 1 unspecified atom stereocenters. The van der Waals surface area contributed by atoms with Crippen molar-refractivity contribution in [3.8, 4) is 0 Å². The Morgan fingerprint density at radius 2 is 2.30 bits per heavy atom. The van der Waals surface area contributed by atoms with Crippen LogP contribution >= 0.6 is 0 Å². The predicted octanol–water partition coefficient (Wildman–Crippen LogP) is 2.20. The largest absolute Gasteiger partial charge is 0.481 e. The van der Waals surface area contributed by atoms with Crippen LogP contribution in [0.25, 0.3) is 0 Å². The van der Waals surface area contributed by atoms with Gasteiger partial charge in [0.2, 0.25) is 0 Å². The summed E-state index contributed by atoms with van der Waals surface area (Å²) in [7, 11) is 1.94. The molecule has 0 radical (unpaired) electrons. The van der Waals surface area contributed by atoms with Crippen LogP contribution in [0.3, 0.4) is 0 Å². The van der Waals surface area contributed by atoms with Gasteiger partial charge in [-0.25, -0.2) is 0 Å². The molecule has 1 aromatic rings. The van der Waals surface area contributed by atoms with Crippen molar-refractivity contribution in [2.45, 2.75) is 46.1 Å². The van der Waals surface area contributed by atoms with Crippen molar-refractivity contribution < 1.29 is 9.90 Å². The fraction of sp³-hybridized carbons (Fsp3) is 0.733. The first-order chi connectivity index (χ1) is 9.48. The Labute approximate surface area is 120 Å². The monoisotopic (exact) mass is 279 g/mol. The second-order valence-electron chi connectivity index (χ2n) is 6.03. The van der Waals surface area contributed by atoms with Crippen molar-refractivity contribution in [3.63, 3.8) is 0 Å². The zero-order valence-electron chi connectivity index (χ0n) is 12.7. The van der Waals surface area contributed by atoms with Gasteiger partial charge in [-0.3, -0.25) is 14.4 Å². The normalized spacial score (nSPS) is 23.9. The predicted molar refractivity (Wildman–Crippen MR) is 77.4 cm³/mol. The number of carboxylic acid groups (broad SMARTS) is 1. The lowest BCUT2D eigenvalue weighted by Gasteiger charge is -2.40. The Kier molecular flexibility index (Phi) is 4.48. The highest BCUT2D eigenvalue weighted by Gasteiger charge is 2.41. The Morgan fingerprint density at radius 3 is 2.85 bits per heavy atom. The average molecular weight is 279 g/mol. The molecule has 1 saturated heterocycles. The maximum absolute atomic E-state index is 11.7. The van der Waals surface area contributed by atoms with E-state index in [-0.39, 0.29) is 0 Å². The minimum atomic E-state index is -0.632. The molecule has 1 aliphatic heterocycles. The summed E-state index contributed by atoms with van der Waals surface area (Å²) in [5, 5.41) is 13.9. The second-order valence-corrected chi connectivity index (χ2v) is 6.03. The van der Waals surface area contributed by atoms with Crippen molar-refractivity contribution in [3.05, 3.63) is 17.5 Å². The first kappa shape index (κ1) is 15.0. The molecule has 112 valence electrons. The van der Waals surface area contributed by atoms with E-state index in [4.69, 9.17) is 0 Å². The fourth-order valence-corrected chi connectivity index (χ4v) is 3.27. The van der Waals surface area contributed by atoms with Crippen LogP contribution in [-0.4, -0.2) is 38.8 Å². The van der Waals surface area contributed by atoms with Crippen LogP contribution in [0.4, 0.5) is 0 Å². The van der Waals surface area contributed by atoms with E-state index < -0.39 is 11.4 Å². The van der Waals surface area contributed by atoms with Crippen molar-refractivity contribution in [1.29, 1.82) is 0 Å². The van der Waals surface area contributed by atoms with Crippen molar-refractivity contribution in [1.82, 2.24) is 14.7 Å². The molecule has 0 saturated carbocycles. The molecule has 0 amide bonds. The molecule has 5 heteroatoms. The van der Waals surface area contributed by atoms with Gasteiger partial charge >= 0.3 is 5.97 Å². The van der Waals surface area contributed by atoms with Crippen LogP contribution in [0.1, 0.15) is 43.9 Å². The highest BCUT2D eigenvalue weighted by molar-refractivity contribution is 5.75. The molecule has 1 aromatic heterocycles. The third-order valence-electron chi connectivity index (χ3n) is 4.57. The molecule has 0 bridgehead atoms. The zero-order valence-corrected chi connectivity index (χ0v) is 12.7. The SMILES string of the molecule is CCCC1(C(=O)O)CCCN(Cc2cnn(C)c2C)C1. The van der Waals surface area contributed by atoms with Gasteiger partial charge in [0.15, 0.2) is 0 Å². The number of hydrogen-bond donors (Lipinski definition) is 1. The lowest BCUT2D eigenvalue weighted by molar-refractivity contribution is -0.153. The molecule has 20 heavy (non-hydrogen) atoms. The van der Waals surface area contributed by atoms with Gasteiger partial charge in [0.25, 0.3) is 0 Å². The number of carbonyl (C=O) groups is 1. The van der Waals surface area contributed by atoms with Crippen LogP contribution in [0.15, 0.2) is 6.20 Å². The third-order valence-corrected chi connectivity index (χ3v) is 4.57. The van der Waals surface area contributed by atoms with E-state index in [1.807, 2.05) is 17.9 Å². The van der Waals surface area contributed by atoms with Crippen LogP contribution < -0.4 is 0 Å². The van der Waals surface area contributed by atoms with Crippen LogP contribution in [-0.2, 0) is 18.4 Å². The molecule has 1 atom stereocenters. The van der Waals surface area contributed by atoms with E-state index in [0.29, 0.717) is 6.54 Å². The minimum absolute atomic E-state index is 0.552. The average Bonchev–Trinajstić information content (AvgIpc) is 2.71. The Balaban J connectivity index is 2.10. The maximum Gasteiger partial charge on any atom is 0.310 e. The van der Waals surface area contributed by atoms with Gasteiger partial charge < -0.3 is 5.11 Å². The minimum Gasteiger partial charge on any atom is -0.481 e. The second kappa shape index (κ2) is 5.95. The Morgan fingerprint density at radius 1 is 1.55 bits per heavy atom. The van der Waals surface area contributed by atoms with Gasteiger partial charge in [0.05, 0.1) is 11.6 Å². The smallest absolute Gasteiger partial charge is 0.310 e. The Bertz CT molecular complexity index is 479. The summed E-state index contributed by atoms with van der Waals surface area (Å²) in [5.41, 5.74) is 1.81. The summed E-state index contributed by atoms with van der Waals surface area (Å²) in [6.07, 6.45) is 5.35. The lowest BCUT2D eigenvalue weighted by Crippen LogP contribution is -2.47. The molecule has 1 N–H and O–H groups in total. The van der Waals surface area contributed by atoms with Gasteiger partial charge in [0.1, 0.15) is 0 Å². The molecule has 0 aliphatic carbocycles. The first-order valence-corrected chi connectivity index (χ1v) is 7.42. The number of likely N-dealkylation sites (tertiary alicyclic amines) is 1. The molecule has 1 aliphatic rings. The Hall–Kier alpha value is -1.36. The standard InChI is InChI=1S/C15H25N3O2/c1-4-6-15(14(19)20)7-5-8-18(11-15)10-13-9-16-17(3)12(13)2/h9H,4-8,10-11H2,1-3H3,(H,19,20). The van der Waals surface area contributed by atoms with Crippen LogP contribution in [0, 0.1) is 12.3 Å². The summed E-state index contributed by atoms with van der Waals surface area (Å²) in [4.78, 5) is 14.0. The number of hydrogen-bond acceptors (Lipinski definition) is 3. The fourth-order valence-electron chi connectivity index (χ4n) is 3.27. The van der Waals surface area contributed by atoms with Crippen LogP contribution in [0.5, 0.6) is 0 Å². The highest BCUT2D eigenvalue weighted by atomic mass is 16.4. The van der Waals surface area contributed by atoms with E-state index in [2.05, 4.69) is 23.8 Å². The molecule has 5 nitrogen and oxygen atoms in total. The number of aryl methyl sites for hydroxylation is 1. The molecular formula is C15H25N3O2. The molecule has 2 rings (SSSR count). The van der Waals surface area contributed by atoms with Gasteiger partial charge in [-0.05, 0) is 32.7 Å². The number of aromatic nitrogens is 2.